The third-order valence-electron chi connectivity index (χ3n) is 4.98. The average molecular weight is 505 g/mol. The maximum atomic E-state index is 13.3. The number of hydrogen-bond acceptors (Lipinski definition) is 6. The largest absolute Gasteiger partial charge is 0.462 e. The zero-order chi connectivity index (χ0) is 26.8. The Hall–Kier alpha value is -4.79. The zero-order valence-electron chi connectivity index (χ0n) is 20.2. The van der Waals surface area contributed by atoms with Gasteiger partial charge in [-0.05, 0) is 86.2 Å². The maximum Gasteiger partial charge on any atom is 0.338 e. The van der Waals surface area contributed by atoms with Crippen molar-refractivity contribution in [1.29, 1.82) is 0 Å². The van der Waals surface area contributed by atoms with Crippen molar-refractivity contribution in [2.75, 3.05) is 23.8 Å². The molecule has 0 bridgehead atoms. The van der Waals surface area contributed by atoms with Crippen LogP contribution in [0.2, 0.25) is 0 Å². The average Bonchev–Trinajstić information content (AvgIpc) is 2.89. The zero-order valence-corrected chi connectivity index (χ0v) is 20.2. The van der Waals surface area contributed by atoms with Gasteiger partial charge in [-0.3, -0.25) is 9.59 Å². The molecule has 0 atom stereocenters. The van der Waals surface area contributed by atoms with Gasteiger partial charge in [0, 0.05) is 11.4 Å². The van der Waals surface area contributed by atoms with Crippen LogP contribution in [0.5, 0.6) is 0 Å². The van der Waals surface area contributed by atoms with E-state index in [0.717, 1.165) is 0 Å². The van der Waals surface area contributed by atoms with E-state index >= 15 is 0 Å². The second-order valence-corrected chi connectivity index (χ2v) is 7.61. The molecule has 37 heavy (non-hydrogen) atoms. The number of halogens is 1. The van der Waals surface area contributed by atoms with Gasteiger partial charge in [0.25, 0.3) is 11.8 Å². The van der Waals surface area contributed by atoms with Crippen LogP contribution in [0.15, 0.2) is 78.4 Å². The Kier molecular flexibility index (Phi) is 9.26. The number of benzene rings is 3. The monoisotopic (exact) mass is 504 g/mol. The van der Waals surface area contributed by atoms with E-state index in [1.807, 2.05) is 0 Å². The molecule has 8 nitrogen and oxygen atoms in total. The number of ether oxygens (including phenoxy) is 2. The highest BCUT2D eigenvalue weighted by Gasteiger charge is 2.20. The van der Waals surface area contributed by atoms with E-state index < -0.39 is 29.6 Å². The van der Waals surface area contributed by atoms with Crippen molar-refractivity contribution in [2.45, 2.75) is 13.8 Å². The highest BCUT2D eigenvalue weighted by atomic mass is 19.1. The van der Waals surface area contributed by atoms with Gasteiger partial charge < -0.3 is 20.1 Å². The molecule has 3 rings (SSSR count). The number of nitrogens with one attached hydrogen (secondary N) is 2. The van der Waals surface area contributed by atoms with Crippen molar-refractivity contribution in [1.82, 2.24) is 0 Å². The van der Waals surface area contributed by atoms with Gasteiger partial charge in [0.1, 0.15) is 11.4 Å². The molecular weight excluding hydrogens is 479 g/mol. The number of hydrogen-bond donors (Lipinski definition) is 2. The normalized spacial score (nSPS) is 10.1. The van der Waals surface area contributed by atoms with Gasteiger partial charge >= 0.3 is 11.9 Å². The lowest BCUT2D eigenvalue weighted by Gasteiger charge is -2.11. The first-order valence-electron chi connectivity index (χ1n) is 11.4. The summed E-state index contributed by atoms with van der Waals surface area (Å²) < 4.78 is 23.2. The Morgan fingerprint density at radius 2 is 1.08 bits per heavy atom. The van der Waals surface area contributed by atoms with E-state index in [4.69, 9.17) is 9.47 Å². The molecular formula is C28H25FN2O6. The second-order valence-electron chi connectivity index (χ2n) is 7.61. The van der Waals surface area contributed by atoms with Gasteiger partial charge in [0.15, 0.2) is 0 Å². The van der Waals surface area contributed by atoms with Gasteiger partial charge in [-0.1, -0.05) is 12.1 Å². The molecule has 9 heteroatoms. The van der Waals surface area contributed by atoms with E-state index in [2.05, 4.69) is 10.6 Å². The molecule has 2 amide bonds. The number of carbonyl (C=O) groups excluding carboxylic acids is 4. The van der Waals surface area contributed by atoms with Gasteiger partial charge in [-0.15, -0.1) is 0 Å². The Balaban J connectivity index is 1.82. The Morgan fingerprint density at radius 1 is 0.676 bits per heavy atom. The van der Waals surface area contributed by atoms with Crippen LogP contribution in [0.25, 0.3) is 6.08 Å². The number of anilines is 2. The predicted octanol–water partition coefficient (Wildman–Crippen LogP) is 4.84. The molecule has 2 N–H and O–H groups in total. The lowest BCUT2D eigenvalue weighted by atomic mass is 10.1. The molecule has 0 aliphatic rings. The van der Waals surface area contributed by atoms with Crippen molar-refractivity contribution < 1.29 is 33.0 Å². The molecule has 0 saturated heterocycles. The van der Waals surface area contributed by atoms with Crippen molar-refractivity contribution in [2.24, 2.45) is 0 Å². The Labute approximate surface area is 213 Å². The minimum atomic E-state index is -0.728. The van der Waals surface area contributed by atoms with Crippen LogP contribution in [-0.4, -0.2) is 37.0 Å². The maximum absolute atomic E-state index is 13.3. The molecule has 0 aromatic heterocycles. The second kappa shape index (κ2) is 12.8. The number of esters is 2. The van der Waals surface area contributed by atoms with Crippen LogP contribution < -0.4 is 10.6 Å². The summed E-state index contributed by atoms with van der Waals surface area (Å²) in [6, 6.07) is 17.3. The summed E-state index contributed by atoms with van der Waals surface area (Å²) >= 11 is 0. The Morgan fingerprint density at radius 3 is 1.46 bits per heavy atom. The molecule has 190 valence electrons. The van der Waals surface area contributed by atoms with E-state index in [1.54, 1.807) is 13.8 Å². The molecule has 0 spiro atoms. The lowest BCUT2D eigenvalue weighted by molar-refractivity contribution is -0.118. The smallest absolute Gasteiger partial charge is 0.338 e. The van der Waals surface area contributed by atoms with Gasteiger partial charge in [-0.25, -0.2) is 14.0 Å². The molecule has 0 radical (unpaired) electrons. The molecule has 0 aliphatic heterocycles. The predicted molar refractivity (Wildman–Crippen MR) is 136 cm³/mol. The fraction of sp³-hybridized carbons (Fsp3) is 0.143. The van der Waals surface area contributed by atoms with Crippen molar-refractivity contribution in [3.63, 3.8) is 0 Å². The van der Waals surface area contributed by atoms with E-state index in [-0.39, 0.29) is 18.8 Å². The van der Waals surface area contributed by atoms with E-state index in [9.17, 15) is 23.6 Å². The van der Waals surface area contributed by atoms with Crippen LogP contribution in [-0.2, 0) is 19.1 Å². The van der Waals surface area contributed by atoms with Gasteiger partial charge in [-0.2, -0.15) is 0 Å². The van der Waals surface area contributed by atoms with Crippen LogP contribution in [0.4, 0.5) is 15.8 Å². The molecule has 3 aromatic carbocycles. The summed E-state index contributed by atoms with van der Waals surface area (Å²) in [6.45, 7) is 3.85. The van der Waals surface area contributed by atoms with Crippen molar-refractivity contribution >= 4 is 41.2 Å². The summed E-state index contributed by atoms with van der Waals surface area (Å²) in [6.07, 6.45) is 1.32. The fourth-order valence-corrected chi connectivity index (χ4v) is 3.16. The van der Waals surface area contributed by atoms with Crippen molar-refractivity contribution in [3.8, 4) is 0 Å². The van der Waals surface area contributed by atoms with Crippen LogP contribution in [0.3, 0.4) is 0 Å². The summed E-state index contributed by atoms with van der Waals surface area (Å²) in [5.41, 5.74) is 1.48. The third kappa shape index (κ3) is 7.60. The Bertz CT molecular complexity index is 1220. The molecule has 0 saturated carbocycles. The van der Waals surface area contributed by atoms with Crippen LogP contribution in [0.1, 0.15) is 40.1 Å². The summed E-state index contributed by atoms with van der Waals surface area (Å²) in [4.78, 5) is 49.9. The minimum absolute atomic E-state index is 0.232. The summed E-state index contributed by atoms with van der Waals surface area (Å²) in [5.74, 6) is -2.91. The lowest BCUT2D eigenvalue weighted by Crippen LogP contribution is -2.25. The number of rotatable bonds is 9. The van der Waals surface area contributed by atoms with Crippen molar-refractivity contribution in [3.05, 3.63) is 101 Å². The quantitative estimate of drug-likeness (QED) is 0.187. The first-order valence-corrected chi connectivity index (χ1v) is 11.4. The molecule has 0 unspecified atom stereocenters. The third-order valence-corrected chi connectivity index (χ3v) is 4.98. The van der Waals surface area contributed by atoms with Crippen LogP contribution in [0, 0.1) is 5.82 Å². The fourth-order valence-electron chi connectivity index (χ4n) is 3.16. The van der Waals surface area contributed by atoms with Crippen LogP contribution >= 0.6 is 0 Å². The summed E-state index contributed by atoms with van der Waals surface area (Å²) in [7, 11) is 0. The van der Waals surface area contributed by atoms with E-state index in [0.29, 0.717) is 28.1 Å². The van der Waals surface area contributed by atoms with Gasteiger partial charge in [0.05, 0.1) is 24.3 Å². The first kappa shape index (κ1) is 26.8. The molecule has 3 aromatic rings. The minimum Gasteiger partial charge on any atom is -0.462 e. The molecule has 0 aliphatic carbocycles. The SMILES string of the molecule is CCOC(=O)c1ccc(NC(=O)C(=Cc2ccc(F)cc2)C(=O)Nc2ccc(C(=O)OCC)cc2)cc1. The van der Waals surface area contributed by atoms with Gasteiger partial charge in [0.2, 0.25) is 0 Å². The molecule has 0 fully saturated rings. The summed E-state index contributed by atoms with van der Waals surface area (Å²) in [5, 5.41) is 5.24. The standard InChI is InChI=1S/C28H25FN2O6/c1-3-36-27(34)19-7-13-22(14-8-19)30-25(32)24(17-18-5-11-21(29)12-6-18)26(33)31-23-15-9-20(10-16-23)28(35)37-4-2/h5-17H,3-4H2,1-2H3,(H,30,32)(H,31,33). The number of amides is 2. The topological polar surface area (TPSA) is 111 Å². The molecule has 0 heterocycles. The first-order chi connectivity index (χ1) is 17.8. The highest BCUT2D eigenvalue weighted by molar-refractivity contribution is 6.28. The van der Waals surface area contributed by atoms with E-state index in [1.165, 1.54) is 78.9 Å². The number of carbonyl (C=O) groups is 4. The highest BCUT2D eigenvalue weighted by Crippen LogP contribution is 2.17.